The molecular weight excluding hydrogens is 426 g/mol. The number of ether oxygens (including phenoxy) is 1. The fourth-order valence-corrected chi connectivity index (χ4v) is 5.84. The van der Waals surface area contributed by atoms with E-state index < -0.39 is 20.4 Å². The lowest BCUT2D eigenvalue weighted by Crippen LogP contribution is -2.50. The first-order valence-corrected chi connectivity index (χ1v) is 12.4. The number of carbonyl (C=O) groups excluding carboxylic acids is 1. The molecule has 1 amide bonds. The highest BCUT2D eigenvalue weighted by molar-refractivity contribution is 7.91. The van der Waals surface area contributed by atoms with E-state index in [2.05, 4.69) is 4.90 Å². The van der Waals surface area contributed by atoms with Gasteiger partial charge in [0.15, 0.2) is 0 Å². The maximum atomic E-state index is 13.5. The minimum absolute atomic E-state index is 0.296. The Balaban J connectivity index is 1.58. The highest BCUT2D eigenvalue weighted by atomic mass is 32.2. The van der Waals surface area contributed by atoms with Gasteiger partial charge in [-0.1, -0.05) is 30.4 Å². The van der Waals surface area contributed by atoms with Gasteiger partial charge in [0, 0.05) is 43.4 Å². The van der Waals surface area contributed by atoms with Crippen molar-refractivity contribution in [1.29, 1.82) is 0 Å². The summed E-state index contributed by atoms with van der Waals surface area (Å²) in [7, 11) is -3.64. The van der Waals surface area contributed by atoms with Gasteiger partial charge < -0.3 is 14.5 Å². The van der Waals surface area contributed by atoms with Crippen molar-refractivity contribution in [2.45, 2.75) is 44.5 Å². The number of nitrogens with zero attached hydrogens (tertiary/aromatic N) is 3. The van der Waals surface area contributed by atoms with Gasteiger partial charge in [0.05, 0.1) is 5.52 Å². The largest absolute Gasteiger partial charge is 0.444 e. The molecule has 172 valence electrons. The molecule has 2 aromatic rings. The summed E-state index contributed by atoms with van der Waals surface area (Å²) in [6, 6.07) is 7.61. The van der Waals surface area contributed by atoms with E-state index in [1.54, 1.807) is 30.2 Å². The van der Waals surface area contributed by atoms with Crippen molar-refractivity contribution >= 4 is 32.7 Å². The van der Waals surface area contributed by atoms with Gasteiger partial charge in [-0.15, -0.1) is 0 Å². The Bertz CT molecular complexity index is 1180. The molecule has 8 heteroatoms. The predicted molar refractivity (Wildman–Crippen MR) is 128 cm³/mol. The molecule has 0 saturated carbocycles. The minimum atomic E-state index is -3.64. The minimum Gasteiger partial charge on any atom is -0.444 e. The Morgan fingerprint density at radius 1 is 1.06 bits per heavy atom. The number of amides is 1. The highest BCUT2D eigenvalue weighted by Gasteiger charge is 2.38. The summed E-state index contributed by atoms with van der Waals surface area (Å²) >= 11 is 0. The summed E-state index contributed by atoms with van der Waals surface area (Å²) in [6.07, 6.45) is 9.11. The molecule has 4 rings (SSSR count). The summed E-state index contributed by atoms with van der Waals surface area (Å²) in [5, 5.41) is 0.890. The van der Waals surface area contributed by atoms with E-state index in [0.29, 0.717) is 38.1 Å². The number of allylic oxidation sites excluding steroid dienone is 3. The maximum Gasteiger partial charge on any atom is 0.410 e. The number of fused-ring (bicyclic) bond motifs is 1. The summed E-state index contributed by atoms with van der Waals surface area (Å²) in [4.78, 5) is 16.3. The van der Waals surface area contributed by atoms with Gasteiger partial charge in [0.1, 0.15) is 10.3 Å². The molecule has 1 aliphatic carbocycles. The number of aromatic nitrogens is 1. The van der Waals surface area contributed by atoms with Gasteiger partial charge >= 0.3 is 6.09 Å². The Morgan fingerprint density at radius 3 is 2.41 bits per heavy atom. The number of anilines is 1. The molecule has 1 aliphatic heterocycles. The first-order valence-electron chi connectivity index (χ1n) is 10.9. The monoisotopic (exact) mass is 457 g/mol. The number of hydrogen-bond donors (Lipinski definition) is 0. The van der Waals surface area contributed by atoms with Crippen molar-refractivity contribution < 1.29 is 17.9 Å². The Kier molecular flexibility index (Phi) is 5.61. The van der Waals surface area contributed by atoms with E-state index in [4.69, 9.17) is 4.74 Å². The molecule has 2 aliphatic rings. The van der Waals surface area contributed by atoms with Crippen LogP contribution in [0.15, 0.2) is 54.8 Å². The number of carbonyl (C=O) groups is 1. The van der Waals surface area contributed by atoms with Gasteiger partial charge in [0.25, 0.3) is 0 Å². The highest BCUT2D eigenvalue weighted by Crippen LogP contribution is 2.34. The van der Waals surface area contributed by atoms with Crippen LogP contribution in [0.3, 0.4) is 0 Å². The molecule has 0 radical (unpaired) electrons. The van der Waals surface area contributed by atoms with E-state index in [1.807, 2.05) is 57.2 Å². The van der Waals surface area contributed by atoms with Crippen LogP contribution in [0.1, 0.15) is 34.1 Å². The molecular formula is C24H31N3O4S. The average Bonchev–Trinajstić information content (AvgIpc) is 3.18. The van der Waals surface area contributed by atoms with Gasteiger partial charge in [-0.25, -0.2) is 17.2 Å². The predicted octanol–water partition coefficient (Wildman–Crippen LogP) is 4.15. The summed E-state index contributed by atoms with van der Waals surface area (Å²) < 4.78 is 32.9. The van der Waals surface area contributed by atoms with Crippen molar-refractivity contribution in [1.82, 2.24) is 8.87 Å². The third-order valence-corrected chi connectivity index (χ3v) is 8.33. The van der Waals surface area contributed by atoms with E-state index in [0.717, 1.165) is 11.1 Å². The van der Waals surface area contributed by atoms with Crippen LogP contribution in [-0.2, 0) is 14.8 Å². The van der Waals surface area contributed by atoms with Crippen LogP contribution >= 0.6 is 0 Å². The van der Waals surface area contributed by atoms with Crippen LogP contribution in [0, 0.1) is 0 Å². The van der Waals surface area contributed by atoms with Crippen LogP contribution in [0.4, 0.5) is 10.5 Å². The Hall–Kier alpha value is -2.74. The number of benzene rings is 1. The molecule has 2 heterocycles. The van der Waals surface area contributed by atoms with Gasteiger partial charge in [-0.3, -0.25) is 0 Å². The van der Waals surface area contributed by atoms with Crippen molar-refractivity contribution in [3.63, 3.8) is 0 Å². The summed E-state index contributed by atoms with van der Waals surface area (Å²) in [6.45, 7) is 9.76. The lowest BCUT2D eigenvalue weighted by Gasteiger charge is -2.37. The van der Waals surface area contributed by atoms with E-state index in [9.17, 15) is 13.2 Å². The maximum absolute atomic E-state index is 13.5. The second-order valence-electron chi connectivity index (χ2n) is 9.59. The van der Waals surface area contributed by atoms with Gasteiger partial charge in [0.2, 0.25) is 10.0 Å². The van der Waals surface area contributed by atoms with Crippen LogP contribution in [0.5, 0.6) is 0 Å². The lowest BCUT2D eigenvalue weighted by atomic mass is 10.0. The molecule has 1 aromatic carbocycles. The number of hydrogen-bond acceptors (Lipinski definition) is 5. The molecule has 0 spiro atoms. The van der Waals surface area contributed by atoms with Crippen molar-refractivity contribution in [3.05, 3.63) is 54.8 Å². The molecule has 1 aromatic heterocycles. The molecule has 32 heavy (non-hydrogen) atoms. The zero-order valence-corrected chi connectivity index (χ0v) is 19.9. The molecule has 1 unspecified atom stereocenters. The fourth-order valence-electron chi connectivity index (χ4n) is 4.19. The summed E-state index contributed by atoms with van der Waals surface area (Å²) in [5.41, 5.74) is 1.12. The topological polar surface area (TPSA) is 71.8 Å². The average molecular weight is 458 g/mol. The molecule has 1 fully saturated rings. The van der Waals surface area contributed by atoms with E-state index in [-0.39, 0.29) is 6.09 Å². The van der Waals surface area contributed by atoms with Crippen molar-refractivity contribution in [2.75, 3.05) is 31.1 Å². The van der Waals surface area contributed by atoms with E-state index >= 15 is 0 Å². The Morgan fingerprint density at radius 2 is 1.78 bits per heavy atom. The second kappa shape index (κ2) is 7.99. The van der Waals surface area contributed by atoms with Crippen LogP contribution in [-0.4, -0.2) is 59.9 Å². The molecule has 1 atom stereocenters. The first-order chi connectivity index (χ1) is 15.0. The molecule has 0 N–H and O–H groups in total. The van der Waals surface area contributed by atoms with E-state index in [1.165, 1.54) is 3.97 Å². The smallest absolute Gasteiger partial charge is 0.410 e. The third-order valence-electron chi connectivity index (χ3n) is 6.01. The van der Waals surface area contributed by atoms with Crippen molar-refractivity contribution in [3.8, 4) is 0 Å². The van der Waals surface area contributed by atoms with Crippen LogP contribution in [0.25, 0.3) is 10.9 Å². The zero-order valence-electron chi connectivity index (χ0n) is 19.1. The zero-order chi connectivity index (χ0) is 23.1. The number of piperazine rings is 1. The van der Waals surface area contributed by atoms with Crippen LogP contribution < -0.4 is 4.90 Å². The lowest BCUT2D eigenvalue weighted by molar-refractivity contribution is 0.0240. The quantitative estimate of drug-likeness (QED) is 0.692. The van der Waals surface area contributed by atoms with Gasteiger partial charge in [-0.2, -0.15) is 0 Å². The fraction of sp³-hybridized carbons (Fsp3) is 0.458. The SMILES string of the molecule is CC(C)(C)OC(=O)N1CCN(c2cccc3c2ccn3S(=O)(=O)C2(C)C=CC=CC2)CC1. The molecule has 1 saturated heterocycles. The standard InChI is InChI=1S/C24H31N3O4S/c1-23(2,3)31-22(28)26-17-15-25(16-18-26)20-9-8-10-21-19(20)11-14-27(21)32(29,30)24(4)12-6-5-7-13-24/h5-12,14H,13,15-18H2,1-4H3. The normalized spacial score (nSPS) is 21.9. The van der Waals surface area contributed by atoms with Crippen molar-refractivity contribution in [2.24, 2.45) is 0 Å². The number of rotatable bonds is 3. The first kappa shape index (κ1) is 22.5. The second-order valence-corrected chi connectivity index (χ2v) is 11.9. The third kappa shape index (κ3) is 4.03. The Labute approximate surface area is 190 Å². The van der Waals surface area contributed by atoms with Gasteiger partial charge in [-0.05, 0) is 52.3 Å². The molecule has 0 bridgehead atoms. The molecule has 7 nitrogen and oxygen atoms in total. The summed E-state index contributed by atoms with van der Waals surface area (Å²) in [5.74, 6) is 0. The van der Waals surface area contributed by atoms with Crippen LogP contribution in [0.2, 0.25) is 0 Å².